The highest BCUT2D eigenvalue weighted by Crippen LogP contribution is 2.45. The first kappa shape index (κ1) is 17.1. The lowest BCUT2D eigenvalue weighted by Crippen LogP contribution is -2.28. The second kappa shape index (κ2) is 7.02. The molecule has 0 bridgehead atoms. The molecule has 1 atom stereocenters. The van der Waals surface area contributed by atoms with Crippen molar-refractivity contribution in [3.63, 3.8) is 0 Å². The summed E-state index contributed by atoms with van der Waals surface area (Å²) in [6.45, 7) is 0. The van der Waals surface area contributed by atoms with E-state index in [1.54, 1.807) is 42.3 Å². The molecule has 1 saturated heterocycles. The van der Waals surface area contributed by atoms with Crippen LogP contribution in [0.25, 0.3) is 0 Å². The number of nitrogens with zero attached hydrogens (tertiary/aromatic N) is 2. The molecule has 1 fully saturated rings. The highest BCUT2D eigenvalue weighted by molar-refractivity contribution is 8.00. The zero-order valence-corrected chi connectivity index (χ0v) is 14.5. The quantitative estimate of drug-likeness (QED) is 0.600. The normalized spacial score (nSPS) is 16.8. The predicted octanol–water partition coefficient (Wildman–Crippen LogP) is 3.39. The first-order valence-corrected chi connectivity index (χ1v) is 8.50. The van der Waals surface area contributed by atoms with Gasteiger partial charge in [-0.25, -0.2) is 0 Å². The second-order valence-corrected chi connectivity index (χ2v) is 6.38. The lowest BCUT2D eigenvalue weighted by Gasteiger charge is -2.26. The number of amides is 1. The van der Waals surface area contributed by atoms with Crippen LogP contribution in [0, 0.1) is 10.1 Å². The Balaban J connectivity index is 1.99. The van der Waals surface area contributed by atoms with Crippen LogP contribution in [-0.4, -0.2) is 30.8 Å². The van der Waals surface area contributed by atoms with Crippen LogP contribution in [0.5, 0.6) is 11.5 Å². The largest absolute Gasteiger partial charge is 0.497 e. The van der Waals surface area contributed by atoms with Gasteiger partial charge in [0.05, 0.1) is 30.6 Å². The van der Waals surface area contributed by atoms with Gasteiger partial charge in [0.2, 0.25) is 5.91 Å². The number of thioether (sulfide) groups is 1. The molecular weight excluding hydrogens is 344 g/mol. The fourth-order valence-corrected chi connectivity index (χ4v) is 3.84. The van der Waals surface area contributed by atoms with Crippen LogP contribution < -0.4 is 14.4 Å². The van der Waals surface area contributed by atoms with E-state index in [9.17, 15) is 14.9 Å². The van der Waals surface area contributed by atoms with E-state index in [0.29, 0.717) is 22.9 Å². The lowest BCUT2D eigenvalue weighted by molar-refractivity contribution is -0.384. The van der Waals surface area contributed by atoms with Crippen LogP contribution in [0.2, 0.25) is 0 Å². The third kappa shape index (κ3) is 3.25. The highest BCUT2D eigenvalue weighted by atomic mass is 32.2. The van der Waals surface area contributed by atoms with Crippen molar-refractivity contribution in [2.75, 3.05) is 24.9 Å². The lowest BCUT2D eigenvalue weighted by atomic mass is 10.1. The number of hydrogen-bond donors (Lipinski definition) is 0. The van der Waals surface area contributed by atoms with Crippen LogP contribution in [0.3, 0.4) is 0 Å². The zero-order valence-electron chi connectivity index (χ0n) is 13.7. The van der Waals surface area contributed by atoms with Crippen molar-refractivity contribution >= 4 is 29.0 Å². The van der Waals surface area contributed by atoms with Gasteiger partial charge in [0.1, 0.15) is 16.9 Å². The minimum absolute atomic E-state index is 0.0200. The van der Waals surface area contributed by atoms with E-state index in [1.807, 2.05) is 0 Å². The summed E-state index contributed by atoms with van der Waals surface area (Å²) in [5.41, 5.74) is 1.48. The number of carbonyl (C=O) groups is 1. The summed E-state index contributed by atoms with van der Waals surface area (Å²) in [5, 5.41) is 10.6. The van der Waals surface area contributed by atoms with E-state index in [1.165, 1.54) is 31.0 Å². The van der Waals surface area contributed by atoms with Crippen LogP contribution in [-0.2, 0) is 4.79 Å². The summed E-state index contributed by atoms with van der Waals surface area (Å²) in [5.74, 6) is 1.45. The van der Waals surface area contributed by atoms with Gasteiger partial charge < -0.3 is 9.47 Å². The molecule has 2 aromatic carbocycles. The summed E-state index contributed by atoms with van der Waals surface area (Å²) < 4.78 is 10.6. The number of carbonyl (C=O) groups excluding carboxylic acids is 1. The Morgan fingerprint density at radius 3 is 2.48 bits per heavy atom. The first-order chi connectivity index (χ1) is 12.0. The van der Waals surface area contributed by atoms with Crippen molar-refractivity contribution in [2.24, 2.45) is 0 Å². The molecule has 0 spiro atoms. The average Bonchev–Trinajstić information content (AvgIpc) is 3.02. The molecule has 1 amide bonds. The van der Waals surface area contributed by atoms with Gasteiger partial charge in [-0.2, -0.15) is 0 Å². The molecule has 1 aliphatic rings. The van der Waals surface area contributed by atoms with Gasteiger partial charge in [0.15, 0.2) is 0 Å². The van der Waals surface area contributed by atoms with Crippen molar-refractivity contribution in [3.05, 3.63) is 58.1 Å². The molecule has 3 rings (SSSR count). The maximum Gasteiger partial charge on any atom is 0.269 e. The molecular formula is C17H16N2O5S. The fraction of sp³-hybridized carbons (Fsp3) is 0.235. The van der Waals surface area contributed by atoms with Gasteiger partial charge in [0, 0.05) is 18.2 Å². The number of rotatable bonds is 5. The minimum Gasteiger partial charge on any atom is -0.497 e. The number of nitro benzene ring substituents is 1. The van der Waals surface area contributed by atoms with Crippen molar-refractivity contribution in [1.29, 1.82) is 0 Å². The Morgan fingerprint density at radius 1 is 1.16 bits per heavy atom. The van der Waals surface area contributed by atoms with Crippen LogP contribution >= 0.6 is 11.8 Å². The Kier molecular flexibility index (Phi) is 4.80. The Labute approximate surface area is 148 Å². The van der Waals surface area contributed by atoms with Crippen LogP contribution in [0.1, 0.15) is 10.9 Å². The fourth-order valence-electron chi connectivity index (χ4n) is 2.68. The zero-order chi connectivity index (χ0) is 18.0. The minimum atomic E-state index is -0.443. The molecule has 0 radical (unpaired) electrons. The van der Waals surface area contributed by atoms with E-state index in [0.717, 1.165) is 5.56 Å². The highest BCUT2D eigenvalue weighted by Gasteiger charge is 2.35. The SMILES string of the molecule is COc1ccc(N2C(=O)CS[C@@H]2c2ccc([N+](=O)[O-])cc2)c(OC)c1. The molecule has 1 aliphatic heterocycles. The molecule has 0 N–H and O–H groups in total. The summed E-state index contributed by atoms with van der Waals surface area (Å²) in [7, 11) is 3.10. The van der Waals surface area contributed by atoms with Gasteiger partial charge >= 0.3 is 0 Å². The monoisotopic (exact) mass is 360 g/mol. The number of methoxy groups -OCH3 is 2. The smallest absolute Gasteiger partial charge is 0.269 e. The Hall–Kier alpha value is -2.74. The topological polar surface area (TPSA) is 81.9 Å². The van der Waals surface area contributed by atoms with Gasteiger partial charge in [-0.1, -0.05) is 0 Å². The molecule has 7 nitrogen and oxygen atoms in total. The molecule has 25 heavy (non-hydrogen) atoms. The van der Waals surface area contributed by atoms with E-state index >= 15 is 0 Å². The predicted molar refractivity (Wildman–Crippen MR) is 95.3 cm³/mol. The average molecular weight is 360 g/mol. The van der Waals surface area contributed by atoms with Crippen LogP contribution in [0.15, 0.2) is 42.5 Å². The van der Waals surface area contributed by atoms with Crippen molar-refractivity contribution in [3.8, 4) is 11.5 Å². The van der Waals surface area contributed by atoms with Gasteiger partial charge in [0.25, 0.3) is 5.69 Å². The van der Waals surface area contributed by atoms with E-state index in [4.69, 9.17) is 9.47 Å². The van der Waals surface area contributed by atoms with E-state index in [-0.39, 0.29) is 17.0 Å². The number of nitro groups is 1. The summed E-state index contributed by atoms with van der Waals surface area (Å²) in [6.07, 6.45) is 0. The number of ether oxygens (including phenoxy) is 2. The van der Waals surface area contributed by atoms with E-state index in [2.05, 4.69) is 0 Å². The number of non-ortho nitro benzene ring substituents is 1. The first-order valence-electron chi connectivity index (χ1n) is 7.45. The number of benzene rings is 2. The number of hydrogen-bond acceptors (Lipinski definition) is 6. The van der Waals surface area contributed by atoms with Crippen molar-refractivity contribution in [2.45, 2.75) is 5.37 Å². The molecule has 0 aromatic heterocycles. The van der Waals surface area contributed by atoms with Crippen molar-refractivity contribution < 1.29 is 19.2 Å². The van der Waals surface area contributed by atoms with Crippen LogP contribution in [0.4, 0.5) is 11.4 Å². The van der Waals surface area contributed by atoms with Gasteiger partial charge in [-0.3, -0.25) is 19.8 Å². The summed E-state index contributed by atoms with van der Waals surface area (Å²) in [6, 6.07) is 11.5. The maximum atomic E-state index is 12.5. The Morgan fingerprint density at radius 2 is 1.88 bits per heavy atom. The molecule has 2 aromatic rings. The van der Waals surface area contributed by atoms with E-state index < -0.39 is 4.92 Å². The van der Waals surface area contributed by atoms with Gasteiger partial charge in [-0.05, 0) is 29.8 Å². The molecule has 0 saturated carbocycles. The summed E-state index contributed by atoms with van der Waals surface area (Å²) in [4.78, 5) is 24.5. The summed E-state index contributed by atoms with van der Waals surface area (Å²) >= 11 is 1.47. The maximum absolute atomic E-state index is 12.5. The molecule has 0 aliphatic carbocycles. The second-order valence-electron chi connectivity index (χ2n) is 5.31. The third-order valence-electron chi connectivity index (χ3n) is 3.90. The molecule has 1 heterocycles. The van der Waals surface area contributed by atoms with Gasteiger partial charge in [-0.15, -0.1) is 11.8 Å². The third-order valence-corrected chi connectivity index (χ3v) is 5.12. The molecule has 130 valence electrons. The van der Waals surface area contributed by atoms with Crippen molar-refractivity contribution in [1.82, 2.24) is 0 Å². The molecule has 0 unspecified atom stereocenters. The standard InChI is InChI=1S/C17H16N2O5S/c1-23-13-7-8-14(15(9-13)24-2)18-16(20)10-25-17(18)11-3-5-12(6-4-11)19(21)22/h3-9,17H,10H2,1-2H3/t17-/m1/s1. The number of anilines is 1. The Bertz CT molecular complexity index is 809. The molecule has 8 heteroatoms.